The molecule has 0 saturated heterocycles. The zero-order valence-electron chi connectivity index (χ0n) is 4.23. The van der Waals surface area contributed by atoms with E-state index >= 15 is 0 Å². The fraction of sp³-hybridized carbons (Fsp3) is 0. The molecule has 0 saturated carbocycles. The molecule has 1 heterocycles. The van der Waals surface area contributed by atoms with E-state index in [9.17, 15) is 9.18 Å². The second-order valence-electron chi connectivity index (χ2n) is 1.38. The highest BCUT2D eigenvalue weighted by Crippen LogP contribution is 2.16. The maximum atomic E-state index is 12.2. The van der Waals surface area contributed by atoms with Gasteiger partial charge in [-0.25, -0.2) is 0 Å². The Balaban J connectivity index is 2.98. The highest BCUT2D eigenvalue weighted by molar-refractivity contribution is 14.1. The number of carbonyl (C=O) groups is 1. The van der Waals surface area contributed by atoms with Gasteiger partial charge in [-0.05, 0) is 12.1 Å². The van der Waals surface area contributed by atoms with Crippen LogP contribution in [-0.2, 0) is 0 Å². The average Bonchev–Trinajstić information content (AvgIpc) is 2.14. The lowest BCUT2D eigenvalue weighted by molar-refractivity contribution is 0.110. The maximum absolute atomic E-state index is 12.2. The topological polar surface area (TPSA) is 17.1 Å². The summed E-state index contributed by atoms with van der Waals surface area (Å²) >= 11 is 2.50. The Kier molecular flexibility index (Phi) is 2.18. The van der Waals surface area contributed by atoms with Gasteiger partial charge in [0.15, 0.2) is 5.13 Å². The monoisotopic (exact) mass is 256 g/mol. The number of thiophene rings is 1. The molecule has 1 aromatic heterocycles. The van der Waals surface area contributed by atoms with Gasteiger partial charge in [-0.2, -0.15) is 4.39 Å². The van der Waals surface area contributed by atoms with Gasteiger partial charge in [-0.3, -0.25) is 4.79 Å². The highest BCUT2D eigenvalue weighted by Gasteiger charge is 2.03. The van der Waals surface area contributed by atoms with Crippen molar-refractivity contribution >= 4 is 37.7 Å². The van der Waals surface area contributed by atoms with Crippen LogP contribution in [0, 0.1) is 5.13 Å². The minimum atomic E-state index is -0.310. The van der Waals surface area contributed by atoms with E-state index in [1.165, 1.54) is 12.1 Å². The molecule has 0 aromatic carbocycles. The second kappa shape index (κ2) is 2.74. The van der Waals surface area contributed by atoms with E-state index < -0.39 is 0 Å². The lowest BCUT2D eigenvalue weighted by atomic mass is 10.5. The largest absolute Gasteiger partial charge is 0.281 e. The van der Waals surface area contributed by atoms with Crippen LogP contribution >= 0.6 is 33.9 Å². The molecule has 1 aromatic rings. The molecule has 0 unspecified atom stereocenters. The van der Waals surface area contributed by atoms with Gasteiger partial charge in [0.25, 0.3) is 0 Å². The predicted molar refractivity (Wildman–Crippen MR) is 42.6 cm³/mol. The molecular formula is C5H2FIOS. The summed E-state index contributed by atoms with van der Waals surface area (Å²) in [5.41, 5.74) is 0. The standard InChI is InChI=1S/C5H2FIOS/c6-4-2-1-3(9-4)5(7)8/h1-2H. The summed E-state index contributed by atoms with van der Waals surface area (Å²) in [6.07, 6.45) is 0. The van der Waals surface area contributed by atoms with Gasteiger partial charge < -0.3 is 0 Å². The number of hydrogen-bond donors (Lipinski definition) is 0. The maximum Gasteiger partial charge on any atom is 0.232 e. The molecule has 1 nitrogen and oxygen atoms in total. The minimum Gasteiger partial charge on any atom is -0.281 e. The number of halogens is 2. The van der Waals surface area contributed by atoms with E-state index in [0.29, 0.717) is 4.88 Å². The Hall–Kier alpha value is 0.0300. The van der Waals surface area contributed by atoms with Crippen LogP contribution in [0.25, 0.3) is 0 Å². The first-order valence-corrected chi connectivity index (χ1v) is 4.05. The van der Waals surface area contributed by atoms with Crippen LogP contribution in [0.4, 0.5) is 4.39 Å². The third kappa shape index (κ3) is 1.72. The normalized spacial score (nSPS) is 9.56. The molecule has 9 heavy (non-hydrogen) atoms. The molecule has 48 valence electrons. The number of hydrogen-bond acceptors (Lipinski definition) is 2. The summed E-state index contributed by atoms with van der Waals surface area (Å²) in [5, 5.41) is -0.310. The Morgan fingerprint density at radius 3 is 2.56 bits per heavy atom. The first kappa shape index (κ1) is 7.14. The molecule has 0 atom stereocenters. The van der Waals surface area contributed by atoms with Crippen molar-refractivity contribution in [2.75, 3.05) is 0 Å². The first-order chi connectivity index (χ1) is 4.20. The molecular weight excluding hydrogens is 254 g/mol. The fourth-order valence-corrected chi connectivity index (χ4v) is 1.49. The van der Waals surface area contributed by atoms with Crippen LogP contribution in [0.2, 0.25) is 0 Å². The summed E-state index contributed by atoms with van der Waals surface area (Å²) < 4.78 is 12.0. The van der Waals surface area contributed by atoms with Crippen molar-refractivity contribution in [1.82, 2.24) is 0 Å². The lowest BCUT2D eigenvalue weighted by Gasteiger charge is -1.77. The van der Waals surface area contributed by atoms with E-state index in [-0.39, 0.29) is 8.92 Å². The molecule has 0 bridgehead atoms. The molecule has 0 aliphatic heterocycles. The molecule has 0 spiro atoms. The van der Waals surface area contributed by atoms with Crippen molar-refractivity contribution in [2.24, 2.45) is 0 Å². The van der Waals surface area contributed by atoms with E-state index in [1.54, 1.807) is 22.6 Å². The Labute approximate surface area is 69.0 Å². The van der Waals surface area contributed by atoms with Gasteiger partial charge in [0, 0.05) is 22.6 Å². The lowest BCUT2D eigenvalue weighted by Crippen LogP contribution is -1.77. The zero-order chi connectivity index (χ0) is 6.85. The number of rotatable bonds is 1. The van der Waals surface area contributed by atoms with Crippen molar-refractivity contribution in [1.29, 1.82) is 0 Å². The summed E-state index contributed by atoms with van der Waals surface area (Å²) in [4.78, 5) is 11.0. The van der Waals surface area contributed by atoms with Gasteiger partial charge >= 0.3 is 0 Å². The quantitative estimate of drug-likeness (QED) is 0.557. The van der Waals surface area contributed by atoms with Gasteiger partial charge in [-0.1, -0.05) is 0 Å². The first-order valence-electron chi connectivity index (χ1n) is 2.15. The van der Waals surface area contributed by atoms with Crippen LogP contribution in [0.1, 0.15) is 9.67 Å². The molecule has 4 heteroatoms. The Morgan fingerprint density at radius 2 is 2.33 bits per heavy atom. The summed E-state index contributed by atoms with van der Waals surface area (Å²) in [5.74, 6) is 0. The van der Waals surface area contributed by atoms with E-state index in [0.717, 1.165) is 11.3 Å². The fourth-order valence-electron chi connectivity index (χ4n) is 0.420. The summed E-state index contributed by atoms with van der Waals surface area (Å²) in [6.45, 7) is 0. The average molecular weight is 256 g/mol. The summed E-state index contributed by atoms with van der Waals surface area (Å²) in [6, 6.07) is 2.77. The molecule has 0 aliphatic rings. The molecule has 1 rings (SSSR count). The van der Waals surface area contributed by atoms with E-state index in [2.05, 4.69) is 0 Å². The second-order valence-corrected chi connectivity index (χ2v) is 3.39. The van der Waals surface area contributed by atoms with Crippen LogP contribution in [0.15, 0.2) is 12.1 Å². The molecule has 0 amide bonds. The van der Waals surface area contributed by atoms with Crippen molar-refractivity contribution in [3.8, 4) is 0 Å². The number of carbonyl (C=O) groups excluding carboxylic acids is 1. The molecule has 0 aliphatic carbocycles. The van der Waals surface area contributed by atoms with Crippen LogP contribution in [0.5, 0.6) is 0 Å². The van der Waals surface area contributed by atoms with Gasteiger partial charge in [-0.15, -0.1) is 11.3 Å². The highest BCUT2D eigenvalue weighted by atomic mass is 127. The molecule has 0 fully saturated rings. The van der Waals surface area contributed by atoms with Crippen LogP contribution in [0.3, 0.4) is 0 Å². The SMILES string of the molecule is O=C(I)c1ccc(F)s1. The predicted octanol–water partition coefficient (Wildman–Crippen LogP) is 2.46. The van der Waals surface area contributed by atoms with Crippen molar-refractivity contribution < 1.29 is 9.18 Å². The van der Waals surface area contributed by atoms with Crippen LogP contribution < -0.4 is 0 Å². The zero-order valence-corrected chi connectivity index (χ0v) is 7.20. The van der Waals surface area contributed by atoms with Gasteiger partial charge in [0.2, 0.25) is 3.79 Å². The van der Waals surface area contributed by atoms with Crippen LogP contribution in [-0.4, -0.2) is 3.79 Å². The Bertz CT molecular complexity index is 233. The minimum absolute atomic E-state index is 0.110. The van der Waals surface area contributed by atoms with Gasteiger partial charge in [0.1, 0.15) is 0 Å². The van der Waals surface area contributed by atoms with E-state index in [4.69, 9.17) is 0 Å². The van der Waals surface area contributed by atoms with Gasteiger partial charge in [0.05, 0.1) is 4.88 Å². The molecule has 0 radical (unpaired) electrons. The van der Waals surface area contributed by atoms with Crippen molar-refractivity contribution in [3.63, 3.8) is 0 Å². The van der Waals surface area contributed by atoms with Crippen molar-refractivity contribution in [3.05, 3.63) is 22.1 Å². The van der Waals surface area contributed by atoms with Crippen molar-refractivity contribution in [2.45, 2.75) is 0 Å². The summed E-state index contributed by atoms with van der Waals surface area (Å²) in [7, 11) is 0. The third-order valence-corrected chi connectivity index (χ3v) is 2.59. The third-order valence-electron chi connectivity index (χ3n) is 0.767. The Morgan fingerprint density at radius 1 is 1.67 bits per heavy atom. The van der Waals surface area contributed by atoms with E-state index in [1.807, 2.05) is 0 Å². The smallest absolute Gasteiger partial charge is 0.232 e. The molecule has 0 N–H and O–H groups in total.